The van der Waals surface area contributed by atoms with Gasteiger partial charge in [-0.25, -0.2) is 0 Å². The van der Waals surface area contributed by atoms with Gasteiger partial charge in [-0.05, 0) is 36.8 Å². The Bertz CT molecular complexity index is 448. The maximum Gasteiger partial charge on any atom is 0.119 e. The lowest BCUT2D eigenvalue weighted by molar-refractivity contribution is 0.318. The fourth-order valence-electron chi connectivity index (χ4n) is 1.73. The molecular formula is C16H18O2. The van der Waals surface area contributed by atoms with Crippen LogP contribution in [0.15, 0.2) is 54.6 Å². The molecule has 0 amide bonds. The second-order valence-corrected chi connectivity index (χ2v) is 3.99. The van der Waals surface area contributed by atoms with Gasteiger partial charge in [-0.3, -0.25) is 0 Å². The number of hydrogen-bond acceptors (Lipinski definition) is 2. The van der Waals surface area contributed by atoms with Crippen LogP contribution in [0.1, 0.15) is 12.5 Å². The highest BCUT2D eigenvalue weighted by Crippen LogP contribution is 2.17. The minimum absolute atomic E-state index is 0.689. The smallest absolute Gasteiger partial charge is 0.119 e. The van der Waals surface area contributed by atoms with Crippen LogP contribution in [0.2, 0.25) is 0 Å². The fourth-order valence-corrected chi connectivity index (χ4v) is 1.73. The van der Waals surface area contributed by atoms with Gasteiger partial charge in [0.2, 0.25) is 0 Å². The Morgan fingerprint density at radius 3 is 2.00 bits per heavy atom. The first-order valence-electron chi connectivity index (χ1n) is 6.28. The average molecular weight is 242 g/mol. The Kier molecular flexibility index (Phi) is 4.65. The molecule has 0 aromatic heterocycles. The van der Waals surface area contributed by atoms with Crippen LogP contribution in [-0.2, 0) is 6.42 Å². The summed E-state index contributed by atoms with van der Waals surface area (Å²) in [5.41, 5.74) is 1.29. The summed E-state index contributed by atoms with van der Waals surface area (Å²) in [5.74, 6) is 1.77. The lowest BCUT2D eigenvalue weighted by Gasteiger charge is -2.07. The van der Waals surface area contributed by atoms with Crippen molar-refractivity contribution < 1.29 is 9.47 Å². The molecule has 0 saturated carbocycles. The Labute approximate surface area is 108 Å². The molecule has 0 N–H and O–H groups in total. The molecule has 0 aliphatic carbocycles. The van der Waals surface area contributed by atoms with Crippen molar-refractivity contribution in [1.29, 1.82) is 0 Å². The summed E-state index contributed by atoms with van der Waals surface area (Å²) in [7, 11) is 0. The lowest BCUT2D eigenvalue weighted by Crippen LogP contribution is -2.01. The van der Waals surface area contributed by atoms with E-state index in [1.54, 1.807) is 0 Å². The molecule has 2 heteroatoms. The van der Waals surface area contributed by atoms with E-state index in [-0.39, 0.29) is 0 Å². The normalized spacial score (nSPS) is 10.1. The van der Waals surface area contributed by atoms with E-state index >= 15 is 0 Å². The van der Waals surface area contributed by atoms with Gasteiger partial charge in [0.25, 0.3) is 0 Å². The van der Waals surface area contributed by atoms with Crippen molar-refractivity contribution in [3.05, 3.63) is 60.2 Å². The minimum Gasteiger partial charge on any atom is -0.494 e. The van der Waals surface area contributed by atoms with Gasteiger partial charge in [0.1, 0.15) is 11.5 Å². The Morgan fingerprint density at radius 2 is 1.39 bits per heavy atom. The highest BCUT2D eigenvalue weighted by Gasteiger charge is 1.96. The first-order chi connectivity index (χ1) is 8.88. The average Bonchev–Trinajstić information content (AvgIpc) is 2.42. The van der Waals surface area contributed by atoms with Gasteiger partial charge in [0.05, 0.1) is 13.2 Å². The summed E-state index contributed by atoms with van der Waals surface area (Å²) in [4.78, 5) is 0. The third kappa shape index (κ3) is 3.81. The summed E-state index contributed by atoms with van der Waals surface area (Å²) in [6.45, 7) is 3.36. The van der Waals surface area contributed by atoms with Crippen molar-refractivity contribution in [3.8, 4) is 11.5 Å². The van der Waals surface area contributed by atoms with E-state index < -0.39 is 0 Å². The third-order valence-corrected chi connectivity index (χ3v) is 2.64. The summed E-state index contributed by atoms with van der Waals surface area (Å²) >= 11 is 0. The molecule has 0 aliphatic rings. The third-order valence-electron chi connectivity index (χ3n) is 2.64. The molecule has 2 nitrogen and oxygen atoms in total. The number of ether oxygens (including phenoxy) is 2. The van der Waals surface area contributed by atoms with E-state index in [1.807, 2.05) is 49.4 Å². The molecule has 0 spiro atoms. The number of benzene rings is 2. The molecule has 0 fully saturated rings. The molecule has 0 radical (unpaired) electrons. The van der Waals surface area contributed by atoms with E-state index in [9.17, 15) is 0 Å². The monoisotopic (exact) mass is 242 g/mol. The van der Waals surface area contributed by atoms with Gasteiger partial charge < -0.3 is 9.47 Å². The van der Waals surface area contributed by atoms with E-state index in [2.05, 4.69) is 12.1 Å². The highest BCUT2D eigenvalue weighted by atomic mass is 16.5. The Morgan fingerprint density at radius 1 is 0.778 bits per heavy atom. The molecule has 0 bridgehead atoms. The molecule has 0 heterocycles. The fraction of sp³-hybridized carbons (Fsp3) is 0.250. The zero-order valence-corrected chi connectivity index (χ0v) is 10.6. The molecule has 0 unspecified atom stereocenters. The van der Waals surface area contributed by atoms with Crippen LogP contribution < -0.4 is 9.47 Å². The second kappa shape index (κ2) is 6.70. The predicted molar refractivity (Wildman–Crippen MR) is 73.3 cm³/mol. The van der Waals surface area contributed by atoms with Crippen molar-refractivity contribution in [2.75, 3.05) is 13.2 Å². The SMILES string of the molecule is CCOc1ccc(OCCc2ccccc2)cc1. The minimum atomic E-state index is 0.689. The summed E-state index contributed by atoms with van der Waals surface area (Å²) in [6.07, 6.45) is 0.925. The van der Waals surface area contributed by atoms with Crippen molar-refractivity contribution in [2.45, 2.75) is 13.3 Å². The Balaban J connectivity index is 1.80. The number of hydrogen-bond donors (Lipinski definition) is 0. The molecule has 2 aromatic rings. The van der Waals surface area contributed by atoms with Gasteiger partial charge in [-0.1, -0.05) is 30.3 Å². The Hall–Kier alpha value is -1.96. The van der Waals surface area contributed by atoms with Crippen LogP contribution in [0.25, 0.3) is 0 Å². The van der Waals surface area contributed by atoms with Crippen LogP contribution in [0.5, 0.6) is 11.5 Å². The molecule has 0 aliphatic heterocycles. The van der Waals surface area contributed by atoms with Crippen LogP contribution in [0.4, 0.5) is 0 Å². The first kappa shape index (κ1) is 12.5. The van der Waals surface area contributed by atoms with Gasteiger partial charge in [-0.15, -0.1) is 0 Å². The van der Waals surface area contributed by atoms with Gasteiger partial charge >= 0.3 is 0 Å². The van der Waals surface area contributed by atoms with Crippen LogP contribution in [-0.4, -0.2) is 13.2 Å². The second-order valence-electron chi connectivity index (χ2n) is 3.99. The van der Waals surface area contributed by atoms with E-state index in [0.717, 1.165) is 17.9 Å². The van der Waals surface area contributed by atoms with Crippen LogP contribution >= 0.6 is 0 Å². The quantitative estimate of drug-likeness (QED) is 0.768. The summed E-state index contributed by atoms with van der Waals surface area (Å²) < 4.78 is 11.1. The van der Waals surface area contributed by atoms with Gasteiger partial charge in [0, 0.05) is 6.42 Å². The maximum absolute atomic E-state index is 5.69. The topological polar surface area (TPSA) is 18.5 Å². The van der Waals surface area contributed by atoms with E-state index in [0.29, 0.717) is 13.2 Å². The molecule has 2 rings (SSSR count). The van der Waals surface area contributed by atoms with Crippen LogP contribution in [0.3, 0.4) is 0 Å². The predicted octanol–water partition coefficient (Wildman–Crippen LogP) is 3.71. The van der Waals surface area contributed by atoms with Gasteiger partial charge in [0.15, 0.2) is 0 Å². The zero-order valence-electron chi connectivity index (χ0n) is 10.6. The highest BCUT2D eigenvalue weighted by molar-refractivity contribution is 5.31. The van der Waals surface area contributed by atoms with E-state index in [1.165, 1.54) is 5.56 Å². The van der Waals surface area contributed by atoms with Gasteiger partial charge in [-0.2, -0.15) is 0 Å². The molecule has 0 atom stereocenters. The maximum atomic E-state index is 5.69. The molecule has 2 aromatic carbocycles. The summed E-state index contributed by atoms with van der Waals surface area (Å²) in [6, 6.07) is 18.1. The van der Waals surface area contributed by atoms with E-state index in [4.69, 9.17) is 9.47 Å². The van der Waals surface area contributed by atoms with Crippen molar-refractivity contribution in [3.63, 3.8) is 0 Å². The molecular weight excluding hydrogens is 224 g/mol. The van der Waals surface area contributed by atoms with Crippen LogP contribution in [0, 0.1) is 0 Å². The number of rotatable bonds is 6. The molecule has 18 heavy (non-hydrogen) atoms. The lowest BCUT2D eigenvalue weighted by atomic mass is 10.2. The van der Waals surface area contributed by atoms with Crippen molar-refractivity contribution >= 4 is 0 Å². The largest absolute Gasteiger partial charge is 0.494 e. The molecule has 94 valence electrons. The summed E-state index contributed by atoms with van der Waals surface area (Å²) in [5, 5.41) is 0. The zero-order chi connectivity index (χ0) is 12.6. The molecule has 0 saturated heterocycles. The first-order valence-corrected chi connectivity index (χ1v) is 6.28. The van der Waals surface area contributed by atoms with Crippen molar-refractivity contribution in [1.82, 2.24) is 0 Å². The van der Waals surface area contributed by atoms with Crippen molar-refractivity contribution in [2.24, 2.45) is 0 Å². The standard InChI is InChI=1S/C16H18O2/c1-2-17-15-8-10-16(11-9-15)18-13-12-14-6-4-3-5-7-14/h3-11H,2,12-13H2,1H3.